The number of ether oxygens (including phenoxy) is 1. The minimum absolute atomic E-state index is 0.00912. The number of aliphatic hydroxyl groups is 1. The Labute approximate surface area is 107 Å². The minimum atomic E-state index is -0.485. The van der Waals surface area contributed by atoms with Gasteiger partial charge in [-0.2, -0.15) is 0 Å². The van der Waals surface area contributed by atoms with Crippen molar-refractivity contribution in [3.8, 4) is 5.75 Å². The van der Waals surface area contributed by atoms with Gasteiger partial charge in [-0.05, 0) is 18.6 Å². The Bertz CT molecular complexity index is 548. The summed E-state index contributed by atoms with van der Waals surface area (Å²) < 4.78 is 5.59. The Balaban J connectivity index is 2.12. The van der Waals surface area contributed by atoms with Crippen LogP contribution < -0.4 is 4.74 Å². The van der Waals surface area contributed by atoms with Crippen LogP contribution >= 0.6 is 0 Å². The Morgan fingerprint density at radius 2 is 1.89 bits per heavy atom. The summed E-state index contributed by atoms with van der Waals surface area (Å²) in [7, 11) is 0. The molecule has 0 unspecified atom stereocenters. The van der Waals surface area contributed by atoms with Crippen molar-refractivity contribution >= 4 is 0 Å². The maximum absolute atomic E-state index is 10.2. The second-order valence-corrected chi connectivity index (χ2v) is 4.81. The first-order valence-electron chi connectivity index (χ1n) is 6.22. The van der Waals surface area contributed by atoms with Crippen molar-refractivity contribution in [1.82, 2.24) is 0 Å². The minimum Gasteiger partial charge on any atom is -0.491 e. The molecule has 1 aliphatic heterocycles. The quantitative estimate of drug-likeness (QED) is 0.830. The molecule has 2 atom stereocenters. The van der Waals surface area contributed by atoms with Crippen LogP contribution in [-0.4, -0.2) is 17.8 Å². The third-order valence-electron chi connectivity index (χ3n) is 3.45. The van der Waals surface area contributed by atoms with Crippen LogP contribution in [0.15, 0.2) is 48.5 Å². The van der Waals surface area contributed by atoms with E-state index < -0.39 is 6.10 Å². The van der Waals surface area contributed by atoms with Gasteiger partial charge >= 0.3 is 0 Å². The van der Waals surface area contributed by atoms with Gasteiger partial charge in [0.1, 0.15) is 12.4 Å². The normalized spacial score (nSPS) is 22.1. The zero-order chi connectivity index (χ0) is 12.5. The molecule has 0 saturated heterocycles. The highest BCUT2D eigenvalue weighted by molar-refractivity contribution is 5.46. The van der Waals surface area contributed by atoms with Gasteiger partial charge in [0.15, 0.2) is 0 Å². The van der Waals surface area contributed by atoms with E-state index in [4.69, 9.17) is 4.74 Å². The van der Waals surface area contributed by atoms with Crippen molar-refractivity contribution in [2.75, 3.05) is 6.61 Å². The lowest BCUT2D eigenvalue weighted by Gasteiger charge is -2.31. The van der Waals surface area contributed by atoms with Gasteiger partial charge in [0.25, 0.3) is 0 Å². The molecular weight excluding hydrogens is 224 g/mol. The van der Waals surface area contributed by atoms with E-state index in [0.29, 0.717) is 6.61 Å². The molecule has 0 aromatic heterocycles. The van der Waals surface area contributed by atoms with Crippen molar-refractivity contribution in [3.63, 3.8) is 0 Å². The Morgan fingerprint density at radius 1 is 1.11 bits per heavy atom. The van der Waals surface area contributed by atoms with E-state index in [1.54, 1.807) is 0 Å². The standard InChI is InChI=1S/C16H16O2/c1-11-7-8-15-13(9-11)16(14(17)10-18-15)12-5-3-2-4-6-12/h2-9,14,16-17H,10H2,1H3/t14-,16-/m0/s1. The van der Waals surface area contributed by atoms with E-state index in [-0.39, 0.29) is 5.92 Å². The van der Waals surface area contributed by atoms with Crippen molar-refractivity contribution in [3.05, 3.63) is 65.2 Å². The van der Waals surface area contributed by atoms with Crippen molar-refractivity contribution < 1.29 is 9.84 Å². The smallest absolute Gasteiger partial charge is 0.123 e. The van der Waals surface area contributed by atoms with Crippen LogP contribution in [0.3, 0.4) is 0 Å². The number of aliphatic hydroxyl groups excluding tert-OH is 1. The summed E-state index contributed by atoms with van der Waals surface area (Å²) in [4.78, 5) is 0. The van der Waals surface area contributed by atoms with Crippen LogP contribution in [-0.2, 0) is 0 Å². The molecule has 0 radical (unpaired) electrons. The highest BCUT2D eigenvalue weighted by Gasteiger charge is 2.30. The third-order valence-corrected chi connectivity index (χ3v) is 3.45. The van der Waals surface area contributed by atoms with Gasteiger partial charge in [-0.15, -0.1) is 0 Å². The van der Waals surface area contributed by atoms with Crippen molar-refractivity contribution in [2.45, 2.75) is 18.9 Å². The number of benzene rings is 2. The van der Waals surface area contributed by atoms with Crippen molar-refractivity contribution in [1.29, 1.82) is 0 Å². The molecule has 0 amide bonds. The number of hydrogen-bond donors (Lipinski definition) is 1. The molecule has 0 saturated carbocycles. The predicted molar refractivity (Wildman–Crippen MR) is 71.0 cm³/mol. The number of rotatable bonds is 1. The first kappa shape index (κ1) is 11.3. The van der Waals surface area contributed by atoms with Crippen LogP contribution in [0.2, 0.25) is 0 Å². The Morgan fingerprint density at radius 3 is 2.67 bits per heavy atom. The molecule has 0 aliphatic carbocycles. The molecule has 0 fully saturated rings. The number of aryl methyl sites for hydroxylation is 1. The summed E-state index contributed by atoms with van der Waals surface area (Å²) in [5.74, 6) is 0.898. The molecule has 0 bridgehead atoms. The van der Waals surface area contributed by atoms with Gasteiger partial charge in [-0.25, -0.2) is 0 Å². The lowest BCUT2D eigenvalue weighted by atomic mass is 9.84. The molecule has 3 rings (SSSR count). The van der Waals surface area contributed by atoms with E-state index in [2.05, 4.69) is 25.1 Å². The molecule has 1 aliphatic rings. The van der Waals surface area contributed by atoms with Crippen LogP contribution in [0, 0.1) is 6.92 Å². The largest absolute Gasteiger partial charge is 0.491 e. The average molecular weight is 240 g/mol. The predicted octanol–water partition coefficient (Wildman–Crippen LogP) is 2.88. The van der Waals surface area contributed by atoms with E-state index in [0.717, 1.165) is 16.9 Å². The summed E-state index contributed by atoms with van der Waals surface area (Å²) in [6, 6.07) is 16.3. The fraction of sp³-hybridized carbons (Fsp3) is 0.250. The molecule has 2 aromatic rings. The zero-order valence-electron chi connectivity index (χ0n) is 10.3. The van der Waals surface area contributed by atoms with Gasteiger partial charge in [-0.1, -0.05) is 48.0 Å². The van der Waals surface area contributed by atoms with E-state index in [1.165, 1.54) is 5.56 Å². The molecular formula is C16H16O2. The second kappa shape index (κ2) is 4.46. The van der Waals surface area contributed by atoms with E-state index in [1.807, 2.05) is 30.3 Å². The molecule has 1 N–H and O–H groups in total. The zero-order valence-corrected chi connectivity index (χ0v) is 10.3. The molecule has 2 nitrogen and oxygen atoms in total. The molecule has 0 spiro atoms. The topological polar surface area (TPSA) is 29.5 Å². The molecule has 18 heavy (non-hydrogen) atoms. The van der Waals surface area contributed by atoms with Crippen LogP contribution in [0.5, 0.6) is 5.75 Å². The van der Waals surface area contributed by atoms with Gasteiger partial charge in [-0.3, -0.25) is 0 Å². The summed E-state index contributed by atoms with van der Waals surface area (Å²) >= 11 is 0. The summed E-state index contributed by atoms with van der Waals surface area (Å²) in [6.45, 7) is 2.42. The lowest BCUT2D eigenvalue weighted by Crippen LogP contribution is -2.31. The summed E-state index contributed by atoms with van der Waals surface area (Å²) in [5.41, 5.74) is 3.41. The van der Waals surface area contributed by atoms with Gasteiger partial charge < -0.3 is 9.84 Å². The van der Waals surface area contributed by atoms with Gasteiger partial charge in [0.2, 0.25) is 0 Å². The highest BCUT2D eigenvalue weighted by Crippen LogP contribution is 2.38. The lowest BCUT2D eigenvalue weighted by molar-refractivity contribution is 0.0771. The first-order valence-corrected chi connectivity index (χ1v) is 6.22. The maximum Gasteiger partial charge on any atom is 0.123 e. The molecule has 2 heteroatoms. The van der Waals surface area contributed by atoms with Crippen molar-refractivity contribution in [2.24, 2.45) is 0 Å². The summed E-state index contributed by atoms with van der Waals surface area (Å²) in [6.07, 6.45) is -0.485. The average Bonchev–Trinajstić information content (AvgIpc) is 2.39. The third kappa shape index (κ3) is 1.89. The second-order valence-electron chi connectivity index (χ2n) is 4.81. The molecule has 92 valence electrons. The van der Waals surface area contributed by atoms with Crippen LogP contribution in [0.4, 0.5) is 0 Å². The maximum atomic E-state index is 10.2. The SMILES string of the molecule is Cc1ccc2c(c1)[C@H](c1ccccc1)[C@@H](O)CO2. The fourth-order valence-electron chi connectivity index (χ4n) is 2.58. The monoisotopic (exact) mass is 240 g/mol. The van der Waals surface area contributed by atoms with Gasteiger partial charge in [0.05, 0.1) is 6.10 Å². The number of fused-ring (bicyclic) bond motifs is 1. The fourth-order valence-corrected chi connectivity index (χ4v) is 2.58. The Kier molecular flexibility index (Phi) is 2.80. The summed E-state index contributed by atoms with van der Waals surface area (Å²) in [5, 5.41) is 10.2. The molecule has 1 heterocycles. The van der Waals surface area contributed by atoms with Crippen LogP contribution in [0.1, 0.15) is 22.6 Å². The first-order chi connectivity index (χ1) is 8.75. The Hall–Kier alpha value is -1.80. The number of hydrogen-bond acceptors (Lipinski definition) is 2. The van der Waals surface area contributed by atoms with E-state index in [9.17, 15) is 5.11 Å². The van der Waals surface area contributed by atoms with Crippen LogP contribution in [0.25, 0.3) is 0 Å². The molecule has 2 aromatic carbocycles. The van der Waals surface area contributed by atoms with Gasteiger partial charge in [0, 0.05) is 11.5 Å². The van der Waals surface area contributed by atoms with E-state index >= 15 is 0 Å². The highest BCUT2D eigenvalue weighted by atomic mass is 16.5.